The summed E-state index contributed by atoms with van der Waals surface area (Å²) in [6.45, 7) is 0. The Kier molecular flexibility index (Phi) is 4.56. The Labute approximate surface area is 143 Å². The lowest BCUT2D eigenvalue weighted by molar-refractivity contribution is -0.145. The Balaban J connectivity index is 1.93. The average molecular weight is 338 g/mol. The van der Waals surface area contributed by atoms with Crippen LogP contribution in [0.1, 0.15) is 11.7 Å². The molecule has 0 saturated carbocycles. The fourth-order valence-electron chi connectivity index (χ4n) is 2.48. The molecule has 0 aromatic heterocycles. The topological polar surface area (TPSA) is 102 Å². The Bertz CT molecular complexity index is 800. The van der Waals surface area contributed by atoms with E-state index in [1.165, 1.54) is 0 Å². The van der Waals surface area contributed by atoms with E-state index in [1.54, 1.807) is 60.7 Å². The summed E-state index contributed by atoms with van der Waals surface area (Å²) in [5.74, 6) is -3.92. The smallest absolute Gasteiger partial charge is 0.328 e. The van der Waals surface area contributed by atoms with Gasteiger partial charge in [0.25, 0.3) is 0 Å². The first-order valence-electron chi connectivity index (χ1n) is 7.52. The summed E-state index contributed by atoms with van der Waals surface area (Å²) in [7, 11) is 0. The molecule has 1 aliphatic rings. The predicted molar refractivity (Wildman–Crippen MR) is 86.4 cm³/mol. The number of carbonyl (C=O) groups excluding carboxylic acids is 4. The van der Waals surface area contributed by atoms with Crippen molar-refractivity contribution in [2.45, 2.75) is 6.10 Å². The third-order valence-electron chi connectivity index (χ3n) is 3.64. The molecule has 2 N–H and O–H groups in total. The zero-order chi connectivity index (χ0) is 17.8. The number of rotatable bonds is 5. The molecule has 0 spiro atoms. The molecule has 3 rings (SSSR count). The zero-order valence-corrected chi connectivity index (χ0v) is 13.0. The maximum absolute atomic E-state index is 12.9. The Morgan fingerprint density at radius 2 is 1.36 bits per heavy atom. The van der Waals surface area contributed by atoms with Crippen molar-refractivity contribution in [1.29, 1.82) is 0 Å². The van der Waals surface area contributed by atoms with Gasteiger partial charge in [-0.25, -0.2) is 4.79 Å². The van der Waals surface area contributed by atoms with Crippen LogP contribution in [-0.2, 0) is 14.4 Å². The standard InChI is InChI=1S/C18H14N2O5/c21-14(13-16(22)19-18(24)20-17(13)23)15(11-7-3-1-4-8-11)25-12-9-5-2-6-10-12/h1-10,13,15H,(H2,19,20,22,23,24). The van der Waals surface area contributed by atoms with Gasteiger partial charge < -0.3 is 4.74 Å². The monoisotopic (exact) mass is 338 g/mol. The van der Waals surface area contributed by atoms with Gasteiger partial charge in [-0.2, -0.15) is 0 Å². The van der Waals surface area contributed by atoms with Crippen molar-refractivity contribution in [2.24, 2.45) is 5.92 Å². The molecule has 0 aliphatic carbocycles. The highest BCUT2D eigenvalue weighted by molar-refractivity contribution is 6.27. The molecule has 7 heteroatoms. The van der Waals surface area contributed by atoms with Gasteiger partial charge in [0.15, 0.2) is 17.8 Å². The molecule has 25 heavy (non-hydrogen) atoms. The maximum atomic E-state index is 12.9. The number of para-hydroxylation sites is 1. The Morgan fingerprint density at radius 3 is 1.92 bits per heavy atom. The van der Waals surface area contributed by atoms with Gasteiger partial charge in [-0.1, -0.05) is 48.5 Å². The van der Waals surface area contributed by atoms with Crippen molar-refractivity contribution < 1.29 is 23.9 Å². The molecule has 1 fully saturated rings. The molecule has 1 unspecified atom stereocenters. The molecule has 1 atom stereocenters. The lowest BCUT2D eigenvalue weighted by atomic mass is 9.92. The van der Waals surface area contributed by atoms with E-state index in [1.807, 2.05) is 10.6 Å². The van der Waals surface area contributed by atoms with Gasteiger partial charge in [0, 0.05) is 0 Å². The molecule has 4 amide bonds. The number of amides is 4. The maximum Gasteiger partial charge on any atom is 0.328 e. The van der Waals surface area contributed by atoms with Crippen LogP contribution in [0, 0.1) is 5.92 Å². The minimum absolute atomic E-state index is 0.414. The largest absolute Gasteiger partial charge is 0.478 e. The third kappa shape index (κ3) is 3.55. The van der Waals surface area contributed by atoms with Crippen LogP contribution in [0.2, 0.25) is 0 Å². The lowest BCUT2D eigenvalue weighted by Crippen LogP contribution is -2.58. The first-order chi connectivity index (χ1) is 12.1. The van der Waals surface area contributed by atoms with Crippen LogP contribution >= 0.6 is 0 Å². The highest BCUT2D eigenvalue weighted by atomic mass is 16.5. The molecule has 126 valence electrons. The fraction of sp³-hybridized carbons (Fsp3) is 0.111. The van der Waals surface area contributed by atoms with E-state index >= 15 is 0 Å². The molecule has 2 aromatic carbocycles. The van der Waals surface area contributed by atoms with Crippen molar-refractivity contribution >= 4 is 23.6 Å². The lowest BCUT2D eigenvalue weighted by Gasteiger charge is -2.25. The molecule has 1 heterocycles. The van der Waals surface area contributed by atoms with Gasteiger partial charge in [0.2, 0.25) is 11.8 Å². The van der Waals surface area contributed by atoms with Crippen LogP contribution in [0.3, 0.4) is 0 Å². The number of carbonyl (C=O) groups is 4. The van der Waals surface area contributed by atoms with E-state index in [4.69, 9.17) is 4.74 Å². The number of ketones is 1. The average Bonchev–Trinajstić information content (AvgIpc) is 2.60. The van der Waals surface area contributed by atoms with Gasteiger partial charge in [0.1, 0.15) is 5.75 Å². The van der Waals surface area contributed by atoms with Gasteiger partial charge >= 0.3 is 6.03 Å². The van der Waals surface area contributed by atoms with Crippen LogP contribution in [0.5, 0.6) is 5.75 Å². The van der Waals surface area contributed by atoms with E-state index in [0.717, 1.165) is 0 Å². The van der Waals surface area contributed by atoms with Crippen LogP contribution in [0.25, 0.3) is 0 Å². The number of Topliss-reactive ketones (excluding diaryl/α,β-unsaturated/α-hetero) is 1. The van der Waals surface area contributed by atoms with Crippen LogP contribution in [-0.4, -0.2) is 23.6 Å². The number of ether oxygens (including phenoxy) is 1. The van der Waals surface area contributed by atoms with Crippen LogP contribution in [0.4, 0.5) is 4.79 Å². The fourth-order valence-corrected chi connectivity index (χ4v) is 2.48. The second-order valence-corrected chi connectivity index (χ2v) is 5.36. The molecule has 1 aliphatic heterocycles. The number of hydrogen-bond acceptors (Lipinski definition) is 5. The summed E-state index contributed by atoms with van der Waals surface area (Å²) in [5.41, 5.74) is 0.494. The summed E-state index contributed by atoms with van der Waals surface area (Å²) >= 11 is 0. The Morgan fingerprint density at radius 1 is 0.840 bits per heavy atom. The second-order valence-electron chi connectivity index (χ2n) is 5.36. The van der Waals surface area contributed by atoms with E-state index < -0.39 is 35.7 Å². The first kappa shape index (κ1) is 16.4. The normalized spacial score (nSPS) is 15.9. The van der Waals surface area contributed by atoms with Crippen LogP contribution < -0.4 is 15.4 Å². The van der Waals surface area contributed by atoms with E-state index in [9.17, 15) is 19.2 Å². The zero-order valence-electron chi connectivity index (χ0n) is 13.0. The number of hydrogen-bond donors (Lipinski definition) is 2. The minimum Gasteiger partial charge on any atom is -0.478 e. The molecule has 0 radical (unpaired) electrons. The van der Waals surface area contributed by atoms with Crippen LogP contribution in [0.15, 0.2) is 60.7 Å². The van der Waals surface area contributed by atoms with Gasteiger partial charge in [0.05, 0.1) is 0 Å². The van der Waals surface area contributed by atoms with E-state index in [2.05, 4.69) is 0 Å². The summed E-state index contributed by atoms with van der Waals surface area (Å²) in [5, 5.41) is 3.85. The quantitative estimate of drug-likeness (QED) is 0.802. The van der Waals surface area contributed by atoms with Gasteiger partial charge in [-0.3, -0.25) is 25.0 Å². The third-order valence-corrected chi connectivity index (χ3v) is 3.64. The molecular weight excluding hydrogens is 324 g/mol. The number of imide groups is 2. The SMILES string of the molecule is O=C1NC(=O)C(C(=O)C(Oc2ccccc2)c2ccccc2)C(=O)N1. The van der Waals surface area contributed by atoms with E-state index in [-0.39, 0.29) is 0 Å². The molecular formula is C18H14N2O5. The minimum atomic E-state index is -1.66. The van der Waals surface area contributed by atoms with Crippen molar-refractivity contribution in [2.75, 3.05) is 0 Å². The number of benzene rings is 2. The summed E-state index contributed by atoms with van der Waals surface area (Å²) in [4.78, 5) is 48.0. The van der Waals surface area contributed by atoms with Crippen molar-refractivity contribution in [3.63, 3.8) is 0 Å². The summed E-state index contributed by atoms with van der Waals surface area (Å²) in [6.07, 6.45) is -1.17. The molecule has 2 aromatic rings. The molecule has 1 saturated heterocycles. The van der Waals surface area contributed by atoms with Crippen molar-refractivity contribution in [1.82, 2.24) is 10.6 Å². The highest BCUT2D eigenvalue weighted by Gasteiger charge is 2.44. The highest BCUT2D eigenvalue weighted by Crippen LogP contribution is 2.26. The number of urea groups is 1. The number of nitrogens with one attached hydrogen (secondary N) is 2. The van der Waals surface area contributed by atoms with E-state index in [0.29, 0.717) is 11.3 Å². The number of barbiturate groups is 1. The first-order valence-corrected chi connectivity index (χ1v) is 7.52. The summed E-state index contributed by atoms with van der Waals surface area (Å²) < 4.78 is 5.74. The molecule has 0 bridgehead atoms. The second kappa shape index (κ2) is 6.96. The van der Waals surface area contributed by atoms with Crippen molar-refractivity contribution in [3.8, 4) is 5.75 Å². The van der Waals surface area contributed by atoms with Gasteiger partial charge in [-0.05, 0) is 17.7 Å². The Hall–Kier alpha value is -3.48. The van der Waals surface area contributed by atoms with Crippen molar-refractivity contribution in [3.05, 3.63) is 66.2 Å². The predicted octanol–water partition coefficient (Wildman–Crippen LogP) is 1.36. The van der Waals surface area contributed by atoms with Gasteiger partial charge in [-0.15, -0.1) is 0 Å². The summed E-state index contributed by atoms with van der Waals surface area (Å²) in [6, 6.07) is 16.2. The molecule has 7 nitrogen and oxygen atoms in total.